The molecule has 1 atom stereocenters. The quantitative estimate of drug-likeness (QED) is 0.612. The first-order valence-electron chi connectivity index (χ1n) is 6.89. The van der Waals surface area contributed by atoms with Gasteiger partial charge in [0.1, 0.15) is 5.75 Å². The average Bonchev–Trinajstić information content (AvgIpc) is 2.75. The summed E-state index contributed by atoms with van der Waals surface area (Å²) in [5.74, 6) is 0.928. The van der Waals surface area contributed by atoms with E-state index in [1.807, 2.05) is 26.0 Å². The lowest BCUT2D eigenvalue weighted by Gasteiger charge is -2.16. The summed E-state index contributed by atoms with van der Waals surface area (Å²) in [6.07, 6.45) is 0.198. The summed E-state index contributed by atoms with van der Waals surface area (Å²) >= 11 is 8.79. The maximum atomic E-state index is 5.75. The van der Waals surface area contributed by atoms with Crippen LogP contribution in [0.4, 0.5) is 0 Å². The summed E-state index contributed by atoms with van der Waals surface area (Å²) < 4.78 is 8.00. The minimum absolute atomic E-state index is 0.198. The molecule has 1 aromatic heterocycles. The molecule has 1 aromatic carbocycles. The van der Waals surface area contributed by atoms with Crippen molar-refractivity contribution in [1.82, 2.24) is 5.32 Å². The Hall–Kier alpha value is -0.360. The lowest BCUT2D eigenvalue weighted by atomic mass is 10.1. The molecule has 0 spiro atoms. The highest BCUT2D eigenvalue weighted by Crippen LogP contribution is 2.32. The van der Waals surface area contributed by atoms with Gasteiger partial charge in [-0.05, 0) is 76.4 Å². The van der Waals surface area contributed by atoms with Gasteiger partial charge in [0.15, 0.2) is 0 Å². The van der Waals surface area contributed by atoms with E-state index in [-0.39, 0.29) is 12.1 Å². The molecule has 0 aliphatic heterocycles. The van der Waals surface area contributed by atoms with Crippen LogP contribution in [0, 0.1) is 0 Å². The van der Waals surface area contributed by atoms with E-state index in [4.69, 9.17) is 4.74 Å². The van der Waals surface area contributed by atoms with Gasteiger partial charge in [-0.2, -0.15) is 0 Å². The van der Waals surface area contributed by atoms with Crippen molar-refractivity contribution in [2.75, 3.05) is 0 Å². The Labute approximate surface area is 147 Å². The van der Waals surface area contributed by atoms with Gasteiger partial charge in [-0.15, -0.1) is 11.3 Å². The summed E-state index contributed by atoms with van der Waals surface area (Å²) in [6, 6.07) is 10.7. The zero-order chi connectivity index (χ0) is 15.4. The van der Waals surface area contributed by atoms with Crippen molar-refractivity contribution in [2.45, 2.75) is 39.5 Å². The highest BCUT2D eigenvalue weighted by Gasteiger charge is 2.09. The van der Waals surface area contributed by atoms with Crippen molar-refractivity contribution in [1.29, 1.82) is 0 Å². The van der Waals surface area contributed by atoms with Crippen LogP contribution in [0.15, 0.2) is 38.6 Å². The molecule has 0 amide bonds. The summed E-state index contributed by atoms with van der Waals surface area (Å²) in [5, 5.41) is 3.55. The second kappa shape index (κ2) is 7.77. The van der Waals surface area contributed by atoms with Crippen LogP contribution in [0.1, 0.15) is 37.3 Å². The predicted octanol–water partition coefficient (Wildman–Crippen LogP) is 5.91. The molecule has 21 heavy (non-hydrogen) atoms. The van der Waals surface area contributed by atoms with Crippen LogP contribution in [0.3, 0.4) is 0 Å². The molecule has 2 rings (SSSR count). The van der Waals surface area contributed by atoms with Crippen LogP contribution in [0.25, 0.3) is 0 Å². The molecular formula is C16H19Br2NOS. The van der Waals surface area contributed by atoms with Crippen molar-refractivity contribution in [2.24, 2.45) is 0 Å². The number of halogens is 2. The number of thiophene rings is 1. The Balaban J connectivity index is 1.98. The van der Waals surface area contributed by atoms with Crippen LogP contribution in [0.2, 0.25) is 0 Å². The van der Waals surface area contributed by atoms with Gasteiger partial charge in [-0.1, -0.05) is 12.1 Å². The maximum absolute atomic E-state index is 5.75. The summed E-state index contributed by atoms with van der Waals surface area (Å²) in [5.41, 5.74) is 1.24. The molecule has 0 bridgehead atoms. The molecule has 5 heteroatoms. The zero-order valence-electron chi connectivity index (χ0n) is 12.3. The van der Waals surface area contributed by atoms with Crippen LogP contribution < -0.4 is 10.1 Å². The summed E-state index contributed by atoms with van der Waals surface area (Å²) in [7, 11) is 0. The second-order valence-corrected chi connectivity index (χ2v) is 8.49. The lowest BCUT2D eigenvalue weighted by molar-refractivity contribution is 0.242. The number of rotatable bonds is 6. The molecule has 1 heterocycles. The minimum atomic E-state index is 0.198. The first kappa shape index (κ1) is 17.0. The smallest absolute Gasteiger partial charge is 0.120 e. The van der Waals surface area contributed by atoms with Crippen LogP contribution in [-0.4, -0.2) is 6.10 Å². The number of nitrogens with one attached hydrogen (secondary N) is 1. The topological polar surface area (TPSA) is 21.3 Å². The van der Waals surface area contributed by atoms with Crippen molar-refractivity contribution < 1.29 is 4.74 Å². The largest absolute Gasteiger partial charge is 0.491 e. The molecule has 114 valence electrons. The molecule has 2 nitrogen and oxygen atoms in total. The van der Waals surface area contributed by atoms with Crippen LogP contribution >= 0.6 is 43.2 Å². The molecule has 2 aromatic rings. The molecule has 0 radical (unpaired) electrons. The van der Waals surface area contributed by atoms with E-state index < -0.39 is 0 Å². The Morgan fingerprint density at radius 2 is 1.95 bits per heavy atom. The third kappa shape index (κ3) is 5.09. The van der Waals surface area contributed by atoms with E-state index in [0.29, 0.717) is 0 Å². The Morgan fingerprint density at radius 1 is 1.19 bits per heavy atom. The zero-order valence-corrected chi connectivity index (χ0v) is 16.3. The van der Waals surface area contributed by atoms with Gasteiger partial charge in [-0.25, -0.2) is 0 Å². The lowest BCUT2D eigenvalue weighted by Crippen LogP contribution is -2.17. The Kier molecular flexibility index (Phi) is 6.29. The predicted molar refractivity (Wildman–Crippen MR) is 97.2 cm³/mol. The normalized spacial score (nSPS) is 12.7. The van der Waals surface area contributed by atoms with E-state index in [0.717, 1.165) is 20.6 Å². The molecule has 1 unspecified atom stereocenters. The maximum Gasteiger partial charge on any atom is 0.120 e. The van der Waals surface area contributed by atoms with E-state index in [1.54, 1.807) is 11.3 Å². The van der Waals surface area contributed by atoms with Crippen molar-refractivity contribution in [3.63, 3.8) is 0 Å². The first-order valence-corrected chi connectivity index (χ1v) is 9.29. The highest BCUT2D eigenvalue weighted by atomic mass is 79.9. The van der Waals surface area contributed by atoms with Crippen LogP contribution in [-0.2, 0) is 6.54 Å². The van der Waals surface area contributed by atoms with E-state index in [1.165, 1.54) is 10.4 Å². The molecular weight excluding hydrogens is 414 g/mol. The van der Waals surface area contributed by atoms with Gasteiger partial charge >= 0.3 is 0 Å². The number of benzene rings is 1. The number of ether oxygens (including phenoxy) is 1. The molecule has 0 saturated heterocycles. The molecule has 0 aliphatic carbocycles. The third-order valence-electron chi connectivity index (χ3n) is 3.01. The minimum Gasteiger partial charge on any atom is -0.491 e. The molecule has 0 saturated carbocycles. The highest BCUT2D eigenvalue weighted by molar-refractivity contribution is 9.13. The van der Waals surface area contributed by atoms with Crippen LogP contribution in [0.5, 0.6) is 5.75 Å². The van der Waals surface area contributed by atoms with Gasteiger partial charge in [0.25, 0.3) is 0 Å². The van der Waals surface area contributed by atoms with Gasteiger partial charge < -0.3 is 10.1 Å². The fraction of sp³-hybridized carbons (Fsp3) is 0.375. The Morgan fingerprint density at radius 3 is 2.57 bits per heavy atom. The fourth-order valence-electron chi connectivity index (χ4n) is 1.98. The second-order valence-electron chi connectivity index (χ2n) is 5.18. The van der Waals surface area contributed by atoms with E-state index >= 15 is 0 Å². The molecule has 0 aliphatic rings. The first-order chi connectivity index (χ1) is 9.95. The van der Waals surface area contributed by atoms with Gasteiger partial charge in [0.05, 0.1) is 9.89 Å². The number of hydrogen-bond donors (Lipinski definition) is 1. The van der Waals surface area contributed by atoms with Crippen molar-refractivity contribution in [3.8, 4) is 5.75 Å². The standard InChI is InChI=1S/C16H19Br2NOS/c1-10(2)20-13-6-4-5-12(7-13)11(3)19-9-14-8-15(17)16(18)21-14/h4-8,10-11,19H,9H2,1-3H3. The van der Waals surface area contributed by atoms with E-state index in [9.17, 15) is 0 Å². The van der Waals surface area contributed by atoms with Gasteiger partial charge in [0.2, 0.25) is 0 Å². The molecule has 1 N–H and O–H groups in total. The van der Waals surface area contributed by atoms with Crippen molar-refractivity contribution >= 4 is 43.2 Å². The number of hydrogen-bond acceptors (Lipinski definition) is 3. The third-order valence-corrected chi connectivity index (χ3v) is 6.26. The van der Waals surface area contributed by atoms with Crippen molar-refractivity contribution in [3.05, 3.63) is 49.0 Å². The fourth-order valence-corrected chi connectivity index (χ4v) is 4.11. The SMILES string of the molecule is CC(C)Oc1cccc(C(C)NCc2cc(Br)c(Br)s2)c1. The van der Waals surface area contributed by atoms with E-state index in [2.05, 4.69) is 62.3 Å². The average molecular weight is 433 g/mol. The monoisotopic (exact) mass is 431 g/mol. The Bertz CT molecular complexity index is 578. The summed E-state index contributed by atoms with van der Waals surface area (Å²) in [6.45, 7) is 7.11. The van der Waals surface area contributed by atoms with Gasteiger partial charge in [-0.3, -0.25) is 0 Å². The summed E-state index contributed by atoms with van der Waals surface area (Å²) in [4.78, 5) is 1.30. The van der Waals surface area contributed by atoms with Gasteiger partial charge in [0, 0.05) is 21.9 Å². The molecule has 0 fully saturated rings.